The number of nitrogens with one attached hydrogen (secondary N) is 2. The van der Waals surface area contributed by atoms with Gasteiger partial charge in [0.2, 0.25) is 0 Å². The molecule has 0 aliphatic heterocycles. The van der Waals surface area contributed by atoms with Gasteiger partial charge in [-0.3, -0.25) is 9.78 Å². The van der Waals surface area contributed by atoms with Crippen molar-refractivity contribution in [2.45, 2.75) is 19.8 Å². The summed E-state index contributed by atoms with van der Waals surface area (Å²) in [6.45, 7) is 1.74. The summed E-state index contributed by atoms with van der Waals surface area (Å²) < 4.78 is 5.42. The van der Waals surface area contributed by atoms with Gasteiger partial charge in [0, 0.05) is 29.7 Å². The monoisotopic (exact) mass is 373 g/mol. The lowest BCUT2D eigenvalue weighted by Crippen LogP contribution is -2.23. The number of pyridine rings is 1. The number of H-pyrrole nitrogens is 1. The van der Waals surface area contributed by atoms with Crippen LogP contribution in [-0.4, -0.2) is 15.9 Å². The molecule has 3 aromatic heterocycles. The molecule has 1 amide bonds. The van der Waals surface area contributed by atoms with Crippen molar-refractivity contribution in [3.05, 3.63) is 93.9 Å². The van der Waals surface area contributed by atoms with Gasteiger partial charge in [-0.1, -0.05) is 18.2 Å². The van der Waals surface area contributed by atoms with E-state index in [0.29, 0.717) is 23.4 Å². The molecule has 3 heterocycles. The van der Waals surface area contributed by atoms with Crippen molar-refractivity contribution in [2.75, 3.05) is 5.32 Å². The first-order valence-electron chi connectivity index (χ1n) is 9.02. The number of nitrogens with zero attached hydrogens (tertiary/aromatic N) is 1. The Bertz CT molecular complexity index is 1190. The van der Waals surface area contributed by atoms with E-state index in [1.54, 1.807) is 31.3 Å². The molecule has 0 saturated heterocycles. The highest BCUT2D eigenvalue weighted by molar-refractivity contribution is 6.04. The zero-order chi connectivity index (χ0) is 19.5. The van der Waals surface area contributed by atoms with E-state index in [1.807, 2.05) is 24.4 Å². The Hall–Kier alpha value is -3.67. The molecule has 6 nitrogen and oxygen atoms in total. The second-order valence-corrected chi connectivity index (χ2v) is 6.61. The molecule has 6 heteroatoms. The maximum absolute atomic E-state index is 12.5. The SMILES string of the molecule is Cc1cc(CCc2c[nH]c3ccccc23)oc(=O)c1C(=O)Nc1cccnc1. The second kappa shape index (κ2) is 7.52. The zero-order valence-corrected chi connectivity index (χ0v) is 15.4. The number of benzene rings is 1. The van der Waals surface area contributed by atoms with E-state index in [-0.39, 0.29) is 5.56 Å². The smallest absolute Gasteiger partial charge is 0.349 e. The summed E-state index contributed by atoms with van der Waals surface area (Å²) in [5.41, 5.74) is 2.74. The van der Waals surface area contributed by atoms with E-state index in [0.717, 1.165) is 22.9 Å². The number of para-hydroxylation sites is 1. The third-order valence-corrected chi connectivity index (χ3v) is 4.66. The van der Waals surface area contributed by atoms with Crippen LogP contribution in [-0.2, 0) is 12.8 Å². The number of hydrogen-bond acceptors (Lipinski definition) is 4. The van der Waals surface area contributed by atoms with E-state index < -0.39 is 11.5 Å². The van der Waals surface area contributed by atoms with Crippen molar-refractivity contribution in [1.29, 1.82) is 0 Å². The van der Waals surface area contributed by atoms with Gasteiger partial charge in [0.25, 0.3) is 5.91 Å². The number of amides is 1. The molecule has 4 aromatic rings. The maximum atomic E-state index is 12.5. The summed E-state index contributed by atoms with van der Waals surface area (Å²) in [6.07, 6.45) is 6.41. The van der Waals surface area contributed by atoms with Crippen molar-refractivity contribution in [3.63, 3.8) is 0 Å². The highest BCUT2D eigenvalue weighted by Crippen LogP contribution is 2.20. The summed E-state index contributed by atoms with van der Waals surface area (Å²) in [6, 6.07) is 13.2. The summed E-state index contributed by atoms with van der Waals surface area (Å²) in [4.78, 5) is 32.1. The predicted molar refractivity (Wildman–Crippen MR) is 108 cm³/mol. The fourth-order valence-corrected chi connectivity index (χ4v) is 3.30. The first-order chi connectivity index (χ1) is 13.6. The first kappa shape index (κ1) is 17.7. The van der Waals surface area contributed by atoms with Gasteiger partial charge < -0.3 is 14.7 Å². The summed E-state index contributed by atoms with van der Waals surface area (Å²) >= 11 is 0. The molecule has 0 radical (unpaired) electrons. The summed E-state index contributed by atoms with van der Waals surface area (Å²) in [5.74, 6) is 0.0631. The minimum Gasteiger partial charge on any atom is -0.427 e. The van der Waals surface area contributed by atoms with Crippen LogP contribution in [0, 0.1) is 6.92 Å². The number of fused-ring (bicyclic) bond motifs is 1. The lowest BCUT2D eigenvalue weighted by molar-refractivity contribution is 0.102. The van der Waals surface area contributed by atoms with Crippen LogP contribution < -0.4 is 10.9 Å². The molecule has 140 valence electrons. The second-order valence-electron chi connectivity index (χ2n) is 6.61. The lowest BCUT2D eigenvalue weighted by Gasteiger charge is -2.08. The highest BCUT2D eigenvalue weighted by Gasteiger charge is 2.17. The van der Waals surface area contributed by atoms with E-state index in [9.17, 15) is 9.59 Å². The fourth-order valence-electron chi connectivity index (χ4n) is 3.30. The van der Waals surface area contributed by atoms with Crippen LogP contribution in [0.15, 0.2) is 70.3 Å². The normalized spacial score (nSPS) is 10.9. The van der Waals surface area contributed by atoms with Crippen LogP contribution >= 0.6 is 0 Å². The Morgan fingerprint density at radius 2 is 2.04 bits per heavy atom. The van der Waals surface area contributed by atoms with Crippen molar-refractivity contribution in [3.8, 4) is 0 Å². The van der Waals surface area contributed by atoms with E-state index >= 15 is 0 Å². The van der Waals surface area contributed by atoms with Crippen molar-refractivity contribution in [2.24, 2.45) is 0 Å². The molecule has 0 fully saturated rings. The van der Waals surface area contributed by atoms with E-state index in [1.165, 1.54) is 6.20 Å². The minimum atomic E-state index is -0.629. The van der Waals surface area contributed by atoms with Gasteiger partial charge in [-0.25, -0.2) is 4.79 Å². The van der Waals surface area contributed by atoms with E-state index in [4.69, 9.17) is 4.42 Å². The predicted octanol–water partition coefficient (Wildman–Crippen LogP) is 3.86. The van der Waals surface area contributed by atoms with Gasteiger partial charge in [0.1, 0.15) is 11.3 Å². The molecular formula is C22H19N3O3. The number of hydrogen-bond donors (Lipinski definition) is 2. The lowest BCUT2D eigenvalue weighted by atomic mass is 10.1. The number of carbonyl (C=O) groups excluding carboxylic acids is 1. The molecule has 1 aromatic carbocycles. The van der Waals surface area contributed by atoms with Gasteiger partial charge in [0.05, 0.1) is 11.9 Å². The molecule has 2 N–H and O–H groups in total. The third-order valence-electron chi connectivity index (χ3n) is 4.66. The Kier molecular flexibility index (Phi) is 4.76. The molecule has 0 atom stereocenters. The Labute approximate surface area is 161 Å². The van der Waals surface area contributed by atoms with Gasteiger partial charge in [-0.2, -0.15) is 0 Å². The van der Waals surface area contributed by atoms with Gasteiger partial charge in [-0.05, 0) is 48.7 Å². The molecule has 0 aliphatic rings. The quantitative estimate of drug-likeness (QED) is 0.556. The molecule has 0 aliphatic carbocycles. The molecule has 0 saturated carbocycles. The van der Waals surface area contributed by atoms with E-state index in [2.05, 4.69) is 21.4 Å². The Balaban J connectivity index is 1.52. The maximum Gasteiger partial charge on any atom is 0.349 e. The standard InChI is InChI=1S/C22H19N3O3/c1-14-11-17(9-8-15-12-24-19-7-3-2-6-18(15)19)28-22(27)20(14)21(26)25-16-5-4-10-23-13-16/h2-7,10-13,24H,8-9H2,1H3,(H,25,26). The Morgan fingerprint density at radius 3 is 2.82 bits per heavy atom. The van der Waals surface area contributed by atoms with Crippen LogP contribution in [0.1, 0.15) is 27.2 Å². The number of rotatable bonds is 5. The van der Waals surface area contributed by atoms with Crippen LogP contribution in [0.2, 0.25) is 0 Å². The number of aryl methyl sites for hydroxylation is 3. The molecule has 0 unspecified atom stereocenters. The number of anilines is 1. The average molecular weight is 373 g/mol. The van der Waals surface area contributed by atoms with Crippen LogP contribution in [0.25, 0.3) is 10.9 Å². The fraction of sp³-hybridized carbons (Fsp3) is 0.136. The largest absolute Gasteiger partial charge is 0.427 e. The van der Waals surface area contributed by atoms with Crippen LogP contribution in [0.4, 0.5) is 5.69 Å². The summed E-state index contributed by atoms with van der Waals surface area (Å²) in [7, 11) is 0. The highest BCUT2D eigenvalue weighted by atomic mass is 16.4. The average Bonchev–Trinajstić information content (AvgIpc) is 3.10. The number of aromatic nitrogens is 2. The zero-order valence-electron chi connectivity index (χ0n) is 15.4. The van der Waals surface area contributed by atoms with Gasteiger partial charge in [0.15, 0.2) is 0 Å². The summed E-state index contributed by atoms with van der Waals surface area (Å²) in [5, 5.41) is 3.83. The topological polar surface area (TPSA) is 88.0 Å². The molecule has 4 rings (SSSR count). The number of carbonyl (C=O) groups is 1. The van der Waals surface area contributed by atoms with Gasteiger partial charge >= 0.3 is 5.63 Å². The number of aromatic amines is 1. The van der Waals surface area contributed by atoms with Crippen molar-refractivity contribution < 1.29 is 9.21 Å². The molecular weight excluding hydrogens is 354 g/mol. The molecule has 0 spiro atoms. The van der Waals surface area contributed by atoms with Crippen molar-refractivity contribution >= 4 is 22.5 Å². The van der Waals surface area contributed by atoms with Gasteiger partial charge in [-0.15, -0.1) is 0 Å². The third kappa shape index (κ3) is 3.57. The molecule has 28 heavy (non-hydrogen) atoms. The minimum absolute atomic E-state index is 0.0136. The van der Waals surface area contributed by atoms with Crippen molar-refractivity contribution in [1.82, 2.24) is 9.97 Å². The Morgan fingerprint density at radius 1 is 1.18 bits per heavy atom. The van der Waals surface area contributed by atoms with Crippen LogP contribution in [0.5, 0.6) is 0 Å². The molecule has 0 bridgehead atoms. The first-order valence-corrected chi connectivity index (χ1v) is 9.02. The van der Waals surface area contributed by atoms with Crippen LogP contribution in [0.3, 0.4) is 0 Å².